The molecule has 0 aromatic carbocycles. The molecule has 72 valence electrons. The van der Waals surface area contributed by atoms with Gasteiger partial charge in [-0.05, 0) is 6.92 Å². The molecule has 0 unspecified atom stereocenters. The Kier molecular flexibility index (Phi) is 8.32. The Morgan fingerprint density at radius 1 is 1.58 bits per heavy atom. The molecule has 4 heteroatoms. The van der Waals surface area contributed by atoms with Gasteiger partial charge < -0.3 is 8.77 Å². The number of quaternary nitrogens is 1. The van der Waals surface area contributed by atoms with Crippen molar-refractivity contribution in [3.8, 4) is 0 Å². The van der Waals surface area contributed by atoms with Crippen LogP contribution in [-0.4, -0.2) is 38.1 Å². The zero-order valence-corrected chi connectivity index (χ0v) is 8.89. The Balaban J connectivity index is 0. The second-order valence-electron chi connectivity index (χ2n) is 3.21. The van der Waals surface area contributed by atoms with E-state index in [0.717, 1.165) is 10.6 Å². The molecule has 0 heterocycles. The van der Waals surface area contributed by atoms with Gasteiger partial charge in [0.1, 0.15) is 11.9 Å². The van der Waals surface area contributed by atoms with Crippen molar-refractivity contribution in [2.24, 2.45) is 0 Å². The third-order valence-electron chi connectivity index (χ3n) is 1.19. The maximum Gasteiger partial charge on any atom is 0.348 e. The molecular formula is C8H17ClNO2+. The molecule has 0 spiro atoms. The molecule has 0 aromatic rings. The molecule has 0 rings (SSSR count). The Hall–Kier alpha value is -0.540. The van der Waals surface area contributed by atoms with Crippen LogP contribution in [0.5, 0.6) is 0 Å². The molecule has 3 nitrogen and oxygen atoms in total. The van der Waals surface area contributed by atoms with Crippen LogP contribution in [0.15, 0.2) is 12.7 Å². The van der Waals surface area contributed by atoms with E-state index in [0.29, 0.717) is 0 Å². The Morgan fingerprint density at radius 2 is 1.92 bits per heavy atom. The van der Waals surface area contributed by atoms with Gasteiger partial charge in [-0.1, -0.05) is 6.58 Å². The van der Waals surface area contributed by atoms with Crippen LogP contribution in [-0.2, 0) is 9.08 Å². The van der Waals surface area contributed by atoms with Crippen molar-refractivity contribution in [2.45, 2.75) is 6.92 Å². The molecule has 0 amide bonds. The van der Waals surface area contributed by atoms with Gasteiger partial charge in [-0.15, -0.1) is 0 Å². The minimum absolute atomic E-state index is 0.628. The summed E-state index contributed by atoms with van der Waals surface area (Å²) in [6.07, 6.45) is 0.979. The molecule has 0 atom stereocenters. The lowest BCUT2D eigenvalue weighted by Gasteiger charge is -2.20. The third-order valence-corrected chi connectivity index (χ3v) is 1.34. The van der Waals surface area contributed by atoms with E-state index in [1.165, 1.54) is 6.54 Å². The van der Waals surface area contributed by atoms with Crippen LogP contribution in [0.3, 0.4) is 0 Å². The van der Waals surface area contributed by atoms with Gasteiger partial charge in [-0.25, -0.2) is 4.79 Å². The summed E-state index contributed by atoms with van der Waals surface area (Å²) in [5, 5.41) is 0. The van der Waals surface area contributed by atoms with Crippen LogP contribution in [0.1, 0.15) is 6.92 Å². The van der Waals surface area contributed by atoms with Crippen molar-refractivity contribution in [1.29, 1.82) is 0 Å². The quantitative estimate of drug-likeness (QED) is 0.493. The Labute approximate surface area is 79.3 Å². The first-order valence-corrected chi connectivity index (χ1v) is 3.93. The van der Waals surface area contributed by atoms with E-state index in [1.807, 2.05) is 0 Å². The van der Waals surface area contributed by atoms with Gasteiger partial charge in [0.15, 0.2) is 0 Å². The third kappa shape index (κ3) is 16.2. The minimum Gasteiger partial charge on any atom is -0.344 e. The summed E-state index contributed by atoms with van der Waals surface area (Å²) >= 11 is 4.53. The van der Waals surface area contributed by atoms with Gasteiger partial charge in [-0.2, -0.15) is 0 Å². The van der Waals surface area contributed by atoms with Crippen LogP contribution in [0.25, 0.3) is 0 Å². The molecule has 0 fully saturated rings. The molecule has 0 N–H and O–H groups in total. The van der Waals surface area contributed by atoms with Crippen LogP contribution < -0.4 is 0 Å². The smallest absolute Gasteiger partial charge is 0.344 e. The monoisotopic (exact) mass is 194 g/mol. The summed E-state index contributed by atoms with van der Waals surface area (Å²) in [6.45, 7) is 6.46. The van der Waals surface area contributed by atoms with Gasteiger partial charge in [0, 0.05) is 6.08 Å². The zero-order valence-electron chi connectivity index (χ0n) is 8.13. The van der Waals surface area contributed by atoms with E-state index in [9.17, 15) is 4.79 Å². The van der Waals surface area contributed by atoms with Crippen molar-refractivity contribution >= 4 is 17.8 Å². The lowest BCUT2D eigenvalue weighted by Crippen LogP contribution is -2.33. The van der Waals surface area contributed by atoms with Crippen molar-refractivity contribution < 1.29 is 13.6 Å². The first kappa shape index (κ1) is 14.0. The zero-order chi connectivity index (χ0) is 10.2. The largest absolute Gasteiger partial charge is 0.348 e. The van der Waals surface area contributed by atoms with Crippen LogP contribution >= 0.6 is 11.9 Å². The fourth-order valence-corrected chi connectivity index (χ4v) is 0.0945. The van der Waals surface area contributed by atoms with Crippen molar-refractivity contribution in [3.63, 3.8) is 0 Å². The van der Waals surface area contributed by atoms with Gasteiger partial charge in [0.05, 0.1) is 27.7 Å². The highest BCUT2D eigenvalue weighted by Crippen LogP contribution is 1.83. The number of carbonyl (C=O) groups is 1. The van der Waals surface area contributed by atoms with Crippen molar-refractivity contribution in [3.05, 3.63) is 12.7 Å². The van der Waals surface area contributed by atoms with Gasteiger partial charge in [0.2, 0.25) is 0 Å². The molecule has 12 heavy (non-hydrogen) atoms. The maximum atomic E-state index is 9.71. The topological polar surface area (TPSA) is 26.3 Å². The predicted molar refractivity (Wildman–Crippen MR) is 50.7 cm³/mol. The van der Waals surface area contributed by atoms with E-state index < -0.39 is 5.97 Å². The van der Waals surface area contributed by atoms with Crippen molar-refractivity contribution in [1.82, 2.24) is 0 Å². The number of hydrogen-bond donors (Lipinski definition) is 0. The number of nitrogens with zero attached hydrogens (tertiary/aromatic N) is 1. The van der Waals surface area contributed by atoms with Gasteiger partial charge in [-0.3, -0.25) is 0 Å². The fourth-order valence-electron chi connectivity index (χ4n) is 0.0315. The summed E-state index contributed by atoms with van der Waals surface area (Å²) < 4.78 is 4.68. The van der Waals surface area contributed by atoms with Crippen LogP contribution in [0, 0.1) is 0 Å². The van der Waals surface area contributed by atoms with E-state index in [4.69, 9.17) is 0 Å². The Bertz CT molecular complexity index is 140. The fraction of sp³-hybridized carbons (Fsp3) is 0.625. The molecule has 0 radical (unpaired) electrons. The summed E-state index contributed by atoms with van der Waals surface area (Å²) in [7, 11) is 6.54. The van der Waals surface area contributed by atoms with E-state index >= 15 is 0 Å². The normalized spacial score (nSPS) is 9.42. The van der Waals surface area contributed by atoms with E-state index in [1.54, 1.807) is 0 Å². The lowest BCUT2D eigenvalue weighted by molar-refractivity contribution is -0.868. The summed E-state index contributed by atoms with van der Waals surface area (Å²) in [5.41, 5.74) is 0. The highest BCUT2D eigenvalue weighted by atomic mass is 35.5. The summed E-state index contributed by atoms with van der Waals surface area (Å²) in [6, 6.07) is 0. The number of halogens is 1. The molecule has 0 aromatic heterocycles. The molecule has 0 aliphatic rings. The predicted octanol–water partition coefficient (Wildman–Crippen LogP) is 1.58. The Morgan fingerprint density at radius 3 is 1.92 bits per heavy atom. The van der Waals surface area contributed by atoms with Gasteiger partial charge >= 0.3 is 5.97 Å². The van der Waals surface area contributed by atoms with E-state index in [2.05, 4.69) is 50.8 Å². The highest BCUT2D eigenvalue weighted by Gasteiger charge is 1.97. The van der Waals surface area contributed by atoms with Crippen LogP contribution in [0.2, 0.25) is 0 Å². The minimum atomic E-state index is -0.628. The molecule has 0 saturated heterocycles. The second kappa shape index (κ2) is 7.13. The number of carbonyl (C=O) groups excluding carboxylic acids is 1. The van der Waals surface area contributed by atoms with Crippen molar-refractivity contribution in [2.75, 3.05) is 27.7 Å². The average molecular weight is 195 g/mol. The highest BCUT2D eigenvalue weighted by molar-refractivity contribution is 6.14. The number of rotatable bonds is 2. The van der Waals surface area contributed by atoms with Crippen LogP contribution in [0.4, 0.5) is 0 Å². The second-order valence-corrected chi connectivity index (χ2v) is 3.36. The summed E-state index contributed by atoms with van der Waals surface area (Å²) in [5.74, 6) is -0.628. The lowest BCUT2D eigenvalue weighted by atomic mass is 10.6. The molecular weight excluding hydrogens is 178 g/mol. The maximum absolute atomic E-state index is 9.71. The first-order valence-electron chi connectivity index (χ1n) is 3.62. The average Bonchev–Trinajstić information content (AvgIpc) is 2.03. The molecule has 0 saturated carbocycles. The first-order chi connectivity index (χ1) is 5.37. The summed E-state index contributed by atoms with van der Waals surface area (Å²) in [4.78, 5) is 9.71. The van der Waals surface area contributed by atoms with Gasteiger partial charge in [0.25, 0.3) is 0 Å². The molecule has 0 aliphatic carbocycles. The molecule has 0 bridgehead atoms. The SMILES string of the molecule is C=CC(=O)OCl.CC[N+](C)(C)C. The number of hydrogen-bond acceptors (Lipinski definition) is 2. The molecule has 0 aliphatic heterocycles. The standard InChI is InChI=1S/C5H14N.C3H3ClO2/c1-5-6(2,3)4;1-2-3(5)6-4/h5H2,1-4H3;2H,1H2/q+1;. The van der Waals surface area contributed by atoms with E-state index in [-0.39, 0.29) is 0 Å².